The quantitative estimate of drug-likeness (QED) is 0.474. The molecule has 0 heterocycles. The average Bonchev–Trinajstić information content (AvgIpc) is 2.35. The Morgan fingerprint density at radius 3 is 2.44 bits per heavy atom. The van der Waals surface area contributed by atoms with E-state index >= 15 is 0 Å². The molecule has 1 aromatic carbocycles. The van der Waals surface area contributed by atoms with Crippen LogP contribution in [0.4, 0.5) is 0 Å². The Hall–Kier alpha value is -2.14. The van der Waals surface area contributed by atoms with Gasteiger partial charge in [-0.2, -0.15) is 0 Å². The van der Waals surface area contributed by atoms with Crippen molar-refractivity contribution in [2.75, 3.05) is 7.11 Å². The van der Waals surface area contributed by atoms with Gasteiger partial charge < -0.3 is 14.6 Å². The lowest BCUT2D eigenvalue weighted by Gasteiger charge is -2.16. The van der Waals surface area contributed by atoms with Crippen LogP contribution >= 0.6 is 0 Å². The number of rotatable bonds is 6. The Morgan fingerprint density at radius 1 is 1.33 bits per heavy atom. The van der Waals surface area contributed by atoms with Crippen LogP contribution in [0.1, 0.15) is 18.3 Å². The Kier molecular flexibility index (Phi) is 5.07. The molecule has 18 heavy (non-hydrogen) atoms. The highest BCUT2D eigenvalue weighted by Crippen LogP contribution is 2.19. The Balaban J connectivity index is 2.67. The van der Waals surface area contributed by atoms with E-state index in [1.807, 2.05) is 6.07 Å². The molecule has 0 aliphatic heterocycles. The molecule has 0 amide bonds. The topological polar surface area (TPSA) is 72.8 Å². The normalized spacial score (nSPS) is 11.6. The van der Waals surface area contributed by atoms with Crippen LogP contribution < -0.4 is 0 Å². The minimum Gasteiger partial charge on any atom is -0.481 e. The SMILES string of the molecule is C=C(CC(=O)O)C(=O)OC(OC)c1ccccc1. The number of aliphatic carboxylic acids is 1. The maximum Gasteiger partial charge on any atom is 0.336 e. The molecule has 1 aromatic rings. The molecule has 1 atom stereocenters. The van der Waals surface area contributed by atoms with Gasteiger partial charge in [0.25, 0.3) is 0 Å². The monoisotopic (exact) mass is 250 g/mol. The maximum absolute atomic E-state index is 11.6. The average molecular weight is 250 g/mol. The van der Waals surface area contributed by atoms with E-state index in [4.69, 9.17) is 14.6 Å². The number of carboxylic acid groups (broad SMARTS) is 1. The highest BCUT2D eigenvalue weighted by molar-refractivity contribution is 5.92. The first kappa shape index (κ1) is 13.9. The van der Waals surface area contributed by atoms with Crippen molar-refractivity contribution in [1.82, 2.24) is 0 Å². The maximum atomic E-state index is 11.6. The van der Waals surface area contributed by atoms with Gasteiger partial charge in [0, 0.05) is 18.2 Å². The lowest BCUT2D eigenvalue weighted by Crippen LogP contribution is -2.16. The second kappa shape index (κ2) is 6.56. The van der Waals surface area contributed by atoms with Gasteiger partial charge in [0.15, 0.2) is 0 Å². The van der Waals surface area contributed by atoms with Crippen LogP contribution in [-0.2, 0) is 19.1 Å². The van der Waals surface area contributed by atoms with Crippen molar-refractivity contribution in [3.63, 3.8) is 0 Å². The van der Waals surface area contributed by atoms with Crippen LogP contribution in [0, 0.1) is 0 Å². The Labute approximate surface area is 105 Å². The van der Waals surface area contributed by atoms with Gasteiger partial charge in [0.2, 0.25) is 6.29 Å². The van der Waals surface area contributed by atoms with Crippen LogP contribution in [0.2, 0.25) is 0 Å². The summed E-state index contributed by atoms with van der Waals surface area (Å²) in [6, 6.07) is 8.85. The van der Waals surface area contributed by atoms with Gasteiger partial charge in [-0.25, -0.2) is 4.79 Å². The molecule has 0 saturated heterocycles. The molecule has 5 heteroatoms. The summed E-state index contributed by atoms with van der Waals surface area (Å²) in [5, 5.41) is 8.54. The standard InChI is InChI=1S/C13H14O5/c1-9(8-11(14)15)12(16)18-13(17-2)10-6-4-3-5-7-10/h3-7,13H,1,8H2,2H3,(H,14,15). The van der Waals surface area contributed by atoms with Gasteiger partial charge in [0.05, 0.1) is 6.42 Å². The van der Waals surface area contributed by atoms with Gasteiger partial charge in [0.1, 0.15) is 0 Å². The molecule has 96 valence electrons. The van der Waals surface area contributed by atoms with Crippen molar-refractivity contribution in [2.24, 2.45) is 0 Å². The van der Waals surface area contributed by atoms with Crippen LogP contribution in [0.15, 0.2) is 42.5 Å². The summed E-state index contributed by atoms with van der Waals surface area (Å²) in [6.45, 7) is 3.36. The molecule has 0 saturated carbocycles. The molecule has 5 nitrogen and oxygen atoms in total. The Bertz CT molecular complexity index is 438. The number of carboxylic acids is 1. The second-order valence-corrected chi connectivity index (χ2v) is 3.56. The number of hydrogen-bond donors (Lipinski definition) is 1. The van der Waals surface area contributed by atoms with E-state index in [9.17, 15) is 9.59 Å². The van der Waals surface area contributed by atoms with Crippen molar-refractivity contribution in [1.29, 1.82) is 0 Å². The number of ether oxygens (including phenoxy) is 2. The molecule has 0 bridgehead atoms. The fraction of sp³-hybridized carbons (Fsp3) is 0.231. The summed E-state index contributed by atoms with van der Waals surface area (Å²) in [5.41, 5.74) is 0.539. The molecule has 1 unspecified atom stereocenters. The van der Waals surface area contributed by atoms with Crippen molar-refractivity contribution in [3.8, 4) is 0 Å². The third kappa shape index (κ3) is 4.03. The zero-order valence-corrected chi connectivity index (χ0v) is 9.96. The number of methoxy groups -OCH3 is 1. The molecule has 0 fully saturated rings. The predicted octanol–water partition coefficient (Wildman–Crippen LogP) is 1.91. The number of benzene rings is 1. The molecule has 0 radical (unpaired) electrons. The molecular weight excluding hydrogens is 236 g/mol. The molecule has 0 aliphatic carbocycles. The fourth-order valence-electron chi connectivity index (χ4n) is 1.30. The first-order valence-electron chi connectivity index (χ1n) is 5.23. The van der Waals surface area contributed by atoms with Crippen molar-refractivity contribution in [2.45, 2.75) is 12.7 Å². The van der Waals surface area contributed by atoms with Crippen LogP contribution in [0.25, 0.3) is 0 Å². The molecule has 0 aliphatic rings. The van der Waals surface area contributed by atoms with E-state index in [0.717, 1.165) is 0 Å². The lowest BCUT2D eigenvalue weighted by atomic mass is 10.2. The van der Waals surface area contributed by atoms with Crippen LogP contribution in [0.5, 0.6) is 0 Å². The third-order valence-electron chi connectivity index (χ3n) is 2.15. The summed E-state index contributed by atoms with van der Waals surface area (Å²) < 4.78 is 10.1. The Morgan fingerprint density at radius 2 is 1.94 bits per heavy atom. The lowest BCUT2D eigenvalue weighted by molar-refractivity contribution is -0.171. The molecule has 1 N–H and O–H groups in total. The number of esters is 1. The van der Waals surface area contributed by atoms with Gasteiger partial charge in [-0.3, -0.25) is 4.79 Å². The number of carbonyl (C=O) groups is 2. The van der Waals surface area contributed by atoms with Gasteiger partial charge >= 0.3 is 11.9 Å². The molecule has 0 spiro atoms. The zero-order valence-electron chi connectivity index (χ0n) is 9.96. The largest absolute Gasteiger partial charge is 0.481 e. The van der Waals surface area contributed by atoms with Crippen LogP contribution in [-0.4, -0.2) is 24.2 Å². The van der Waals surface area contributed by atoms with Gasteiger partial charge in [-0.1, -0.05) is 36.9 Å². The van der Waals surface area contributed by atoms with Crippen LogP contribution in [0.3, 0.4) is 0 Å². The summed E-state index contributed by atoms with van der Waals surface area (Å²) in [6.07, 6.45) is -1.33. The van der Waals surface area contributed by atoms with Crippen molar-refractivity contribution < 1.29 is 24.2 Å². The third-order valence-corrected chi connectivity index (χ3v) is 2.15. The summed E-state index contributed by atoms with van der Waals surface area (Å²) in [4.78, 5) is 22.0. The number of carbonyl (C=O) groups excluding carboxylic acids is 1. The van der Waals surface area contributed by atoms with Crippen molar-refractivity contribution >= 4 is 11.9 Å². The summed E-state index contributed by atoms with van der Waals surface area (Å²) >= 11 is 0. The highest BCUT2D eigenvalue weighted by Gasteiger charge is 2.19. The van der Waals surface area contributed by atoms with E-state index in [1.54, 1.807) is 24.3 Å². The van der Waals surface area contributed by atoms with E-state index in [-0.39, 0.29) is 5.57 Å². The van der Waals surface area contributed by atoms with Crippen molar-refractivity contribution in [3.05, 3.63) is 48.0 Å². The van der Waals surface area contributed by atoms with E-state index in [2.05, 4.69) is 6.58 Å². The summed E-state index contributed by atoms with van der Waals surface area (Å²) in [5.74, 6) is -1.92. The minimum absolute atomic E-state index is 0.125. The first-order chi connectivity index (χ1) is 8.54. The predicted molar refractivity (Wildman–Crippen MR) is 63.7 cm³/mol. The number of hydrogen-bond acceptors (Lipinski definition) is 4. The molecule has 1 rings (SSSR count). The summed E-state index contributed by atoms with van der Waals surface area (Å²) in [7, 11) is 1.39. The smallest absolute Gasteiger partial charge is 0.336 e. The zero-order chi connectivity index (χ0) is 13.5. The molecule has 0 aromatic heterocycles. The van der Waals surface area contributed by atoms with E-state index in [0.29, 0.717) is 5.56 Å². The van der Waals surface area contributed by atoms with E-state index < -0.39 is 24.6 Å². The minimum atomic E-state index is -1.13. The van der Waals surface area contributed by atoms with E-state index in [1.165, 1.54) is 7.11 Å². The first-order valence-corrected chi connectivity index (χ1v) is 5.23. The van der Waals surface area contributed by atoms with Gasteiger partial charge in [-0.15, -0.1) is 0 Å². The second-order valence-electron chi connectivity index (χ2n) is 3.56. The fourth-order valence-corrected chi connectivity index (χ4v) is 1.30. The van der Waals surface area contributed by atoms with Gasteiger partial charge in [-0.05, 0) is 0 Å². The molecular formula is C13H14O5. The highest BCUT2D eigenvalue weighted by atomic mass is 16.7.